The fourth-order valence-corrected chi connectivity index (χ4v) is 11.0. The SMILES string of the molecule is C=CC(=O)OCC(F)(F)OC(F)(F)C(F)(F)OC.C=CC(=O)OCC(F)(F)OC(F)(F)C(F)(F)OC.C=CC(=O)OCC(F)(F)OC(F)(F)C(F)(F)OC.C=CC(=O)OCC(F)(F)OC(F)(F)C(F)(F)OC.CC(F)(F)C(C)(C(C)(F)F)C(C)(F)F.CC(F)(F)C(C)(F)C(C)(F)F.CC(F)(F)C(F)(F)C(C)(F)C(F)(F)C(C)(F)F.CCC1(CF)C(F)(F)C2(C(C)(F)F)C(F)(F)C(F)(C(C)(F)F)C(F)(F)C(C(C)(F)F)(C1(F)F)C2(F)F. The van der Waals surface area contributed by atoms with E-state index in [-0.39, 0.29) is 83.8 Å². The Morgan fingerprint density at radius 3 is 0.520 bits per heavy atom. The first-order chi connectivity index (χ1) is 64.5. The highest BCUT2D eigenvalue weighted by atomic mass is 19.4. The zero-order valence-electron chi connectivity index (χ0n) is 77.3. The Morgan fingerprint density at radius 1 is 0.247 bits per heavy atom. The molecular formula is C72H78F62O16. The first-order valence-corrected chi connectivity index (χ1v) is 37.3. The molecule has 78 heteroatoms. The van der Waals surface area contributed by atoms with E-state index in [1.807, 2.05) is 0 Å². The van der Waals surface area contributed by atoms with E-state index in [9.17, 15) is 243 Å². The molecule has 2 saturated carbocycles. The Hall–Kier alpha value is -7.82. The van der Waals surface area contributed by atoms with Crippen molar-refractivity contribution in [3.63, 3.8) is 0 Å². The highest BCUT2D eigenvalue weighted by molar-refractivity contribution is 5.82. The van der Waals surface area contributed by atoms with Gasteiger partial charge in [-0.2, -0.15) is 123 Å². The molecule has 2 aliphatic carbocycles. The van der Waals surface area contributed by atoms with Gasteiger partial charge in [-0.1, -0.05) is 33.2 Å². The molecule has 0 radical (unpaired) electrons. The third-order valence-corrected chi connectivity index (χ3v) is 19.9. The molecule has 0 spiro atoms. The monoisotopic (exact) mass is 2380 g/mol. The quantitative estimate of drug-likeness (QED) is 0.0244. The third kappa shape index (κ3) is 30.1. The van der Waals surface area contributed by atoms with E-state index >= 15 is 48.3 Å². The summed E-state index contributed by atoms with van der Waals surface area (Å²) in [6.07, 6.45) is -63.5. The van der Waals surface area contributed by atoms with Gasteiger partial charge in [0.15, 0.2) is 31.8 Å². The van der Waals surface area contributed by atoms with Crippen LogP contribution < -0.4 is 0 Å². The molecule has 2 bridgehead atoms. The molecule has 16 nitrogen and oxygen atoms in total. The number of halogens is 62. The van der Waals surface area contributed by atoms with Crippen molar-refractivity contribution in [2.45, 2.75) is 294 Å². The second-order valence-corrected chi connectivity index (χ2v) is 30.9. The predicted molar refractivity (Wildman–Crippen MR) is 372 cm³/mol. The summed E-state index contributed by atoms with van der Waals surface area (Å²) in [4.78, 5) is 41.6. The molecule has 0 aliphatic heterocycles. The molecule has 896 valence electrons. The van der Waals surface area contributed by atoms with Crippen LogP contribution in [0.25, 0.3) is 0 Å². The molecule has 0 aromatic carbocycles. The van der Waals surface area contributed by atoms with Crippen LogP contribution in [-0.2, 0) is 76.0 Å². The van der Waals surface area contributed by atoms with Crippen molar-refractivity contribution in [1.29, 1.82) is 0 Å². The van der Waals surface area contributed by atoms with Gasteiger partial charge in [-0.3, -0.25) is 4.39 Å². The molecule has 0 amide bonds. The van der Waals surface area contributed by atoms with Gasteiger partial charge in [0.25, 0.3) is 65.1 Å². The summed E-state index contributed by atoms with van der Waals surface area (Å²) in [5, 5.41) is 0. The zero-order chi connectivity index (χ0) is 124. The lowest BCUT2D eigenvalue weighted by atomic mass is 9.34. The molecular weight excluding hydrogens is 2300 g/mol. The van der Waals surface area contributed by atoms with Gasteiger partial charge in [-0.05, 0) is 27.2 Å². The lowest BCUT2D eigenvalue weighted by molar-refractivity contribution is -0.598. The number of hydrogen-bond donors (Lipinski definition) is 0. The fraction of sp³-hybridized carbons (Fsp3) is 0.833. The molecule has 2 atom stereocenters. The third-order valence-electron chi connectivity index (χ3n) is 19.9. The van der Waals surface area contributed by atoms with E-state index in [0.717, 1.165) is 0 Å². The summed E-state index contributed by atoms with van der Waals surface area (Å²) >= 11 is 0. The Labute approximate surface area is 799 Å². The van der Waals surface area contributed by atoms with E-state index in [1.54, 1.807) is 0 Å². The fourth-order valence-electron chi connectivity index (χ4n) is 11.0. The van der Waals surface area contributed by atoms with E-state index in [1.165, 1.54) is 0 Å². The number of hydrogen-bond acceptors (Lipinski definition) is 16. The van der Waals surface area contributed by atoms with Gasteiger partial charge in [0.1, 0.15) is 12.1 Å². The molecule has 0 heterocycles. The highest BCUT2D eigenvalue weighted by Gasteiger charge is 3.17. The zero-order valence-corrected chi connectivity index (χ0v) is 77.3. The number of methoxy groups -OCH3 is 4. The van der Waals surface area contributed by atoms with Gasteiger partial charge in [0, 0.05) is 122 Å². The summed E-state index contributed by atoms with van der Waals surface area (Å²) in [5.41, 5.74) is -42.4. The Kier molecular flexibility index (Phi) is 48.2. The Bertz CT molecular complexity index is 3970. The average molecular weight is 2380 g/mol. The second-order valence-electron chi connectivity index (χ2n) is 30.9. The van der Waals surface area contributed by atoms with E-state index in [4.69, 9.17) is 0 Å². The van der Waals surface area contributed by atoms with Crippen LogP contribution in [0, 0.1) is 21.7 Å². The molecule has 0 saturated heterocycles. The van der Waals surface area contributed by atoms with Crippen molar-refractivity contribution < 1.29 is 348 Å². The molecule has 0 aromatic heterocycles. The number of carbonyl (C=O) groups is 4. The van der Waals surface area contributed by atoms with Crippen LogP contribution in [0.3, 0.4) is 0 Å². The topological polar surface area (TPSA) is 179 Å². The maximum Gasteiger partial charge on any atom is 0.452 e. The van der Waals surface area contributed by atoms with Crippen molar-refractivity contribution in [2.75, 3.05) is 61.5 Å². The highest BCUT2D eigenvalue weighted by Crippen LogP contribution is 2.92. The smallest absolute Gasteiger partial charge is 0.452 e. The maximum atomic E-state index is 15.5. The van der Waals surface area contributed by atoms with Gasteiger partial charge in [0.2, 0.25) is 22.2 Å². The van der Waals surface area contributed by atoms with Crippen molar-refractivity contribution in [1.82, 2.24) is 0 Å². The molecule has 0 aromatic rings. The number of fused-ring (bicyclic) bond motifs is 2. The minimum absolute atomic E-state index is 0.0713. The summed E-state index contributed by atoms with van der Waals surface area (Å²) < 4.78 is 860. The van der Waals surface area contributed by atoms with Gasteiger partial charge in [-0.15, -0.1) is 0 Å². The normalized spacial score (nSPS) is 20.7. The minimum atomic E-state index is -8.19. The van der Waals surface area contributed by atoms with Crippen LogP contribution in [0.1, 0.15) is 103 Å². The Morgan fingerprint density at radius 2 is 0.420 bits per heavy atom. The first-order valence-electron chi connectivity index (χ1n) is 37.3. The summed E-state index contributed by atoms with van der Waals surface area (Å²) in [5.74, 6) is -109. The van der Waals surface area contributed by atoms with E-state index in [0.29, 0.717) is 24.3 Å². The van der Waals surface area contributed by atoms with Crippen molar-refractivity contribution >= 4 is 23.9 Å². The predicted octanol–water partition coefficient (Wildman–Crippen LogP) is 28.1. The first kappa shape index (κ1) is 153. The molecule has 2 unspecified atom stereocenters. The van der Waals surface area contributed by atoms with Crippen LogP contribution in [0.2, 0.25) is 0 Å². The van der Waals surface area contributed by atoms with Crippen LogP contribution in [0.15, 0.2) is 50.6 Å². The van der Waals surface area contributed by atoms with E-state index < -0.39 is 318 Å². The van der Waals surface area contributed by atoms with Crippen LogP contribution >= 0.6 is 0 Å². The van der Waals surface area contributed by atoms with Crippen molar-refractivity contribution in [2.24, 2.45) is 21.7 Å². The number of rotatable bonds is 42. The number of esters is 4. The summed E-state index contributed by atoms with van der Waals surface area (Å²) in [6, 6.07) is 0. The second kappa shape index (κ2) is 47.3. The average Bonchev–Trinajstić information content (AvgIpc) is 0.594. The summed E-state index contributed by atoms with van der Waals surface area (Å²) in [6.45, 7) is -5.61. The lowest BCUT2D eigenvalue weighted by Crippen LogP contribution is -3.00. The van der Waals surface area contributed by atoms with Crippen LogP contribution in [-0.4, -0.2) is 276 Å². The lowest BCUT2D eigenvalue weighted by Gasteiger charge is -2.74. The minimum Gasteiger partial charge on any atom is -0.453 e. The van der Waals surface area contributed by atoms with Gasteiger partial charge in [0.05, 0.1) is 0 Å². The number of alkyl halides is 62. The molecule has 2 fully saturated rings. The molecule has 2 aliphatic rings. The van der Waals surface area contributed by atoms with Gasteiger partial charge < -0.3 is 37.9 Å². The van der Waals surface area contributed by atoms with Gasteiger partial charge in [-0.25, -0.2) is 183 Å². The summed E-state index contributed by atoms with van der Waals surface area (Å²) in [7, 11) is 0.695. The number of ether oxygens (including phenoxy) is 12. The van der Waals surface area contributed by atoms with E-state index in [2.05, 4.69) is 83.2 Å². The van der Waals surface area contributed by atoms with Crippen LogP contribution in [0.5, 0.6) is 0 Å². The largest absolute Gasteiger partial charge is 0.453 e. The van der Waals surface area contributed by atoms with Crippen molar-refractivity contribution in [3.8, 4) is 0 Å². The Balaban J connectivity index is -0.000000406. The molecule has 2 rings (SSSR count). The number of carbonyl (C=O) groups excluding carboxylic acids is 4. The molecule has 0 N–H and O–H groups in total. The maximum absolute atomic E-state index is 15.5. The standard InChI is InChI=1S/C18H16F18.C8H9F9.4C8H8F6O4.C8H12F6.C6H9F5/c1-5-10(6-19)14(27,28)11(7(2,20)21)16(31,32)12(8(3,22)23,15(10,29)30)18(35,36)13(26,9(4,24)25)17(11,33)34;1-4(9,7(14,15)5(2,10)11)8(16,17)6(3,12)13;4*1-3-5(15)17-4-6(9,10)18-8(13,14)7(11,12)16-2;1-5(6(2,9)10,7(3,11)12)8(4,13)14;1-4(7,5(2,8)9)6(3,10)11/h5-6H2,1-4H3;1-3H3;4*3H,1,4H2,2H3;1-4H3;1-3H3. The van der Waals surface area contributed by atoms with Crippen molar-refractivity contribution in [3.05, 3.63) is 50.6 Å². The van der Waals surface area contributed by atoms with Crippen LogP contribution in [0.4, 0.5) is 272 Å². The van der Waals surface area contributed by atoms with Gasteiger partial charge >= 0.3 is 138 Å². The molecule has 150 heavy (non-hydrogen) atoms.